The average molecular weight is 369 g/mol. The number of hydrogen-bond acceptors (Lipinski definition) is 4. The van der Waals surface area contributed by atoms with Gasteiger partial charge in [-0.05, 0) is 44.0 Å². The Balaban J connectivity index is 1.65. The molecule has 0 aliphatic carbocycles. The second-order valence-electron chi connectivity index (χ2n) is 6.57. The van der Waals surface area contributed by atoms with Crippen molar-refractivity contribution in [1.29, 1.82) is 0 Å². The second-order valence-corrected chi connectivity index (χ2v) is 6.57. The first-order valence-corrected chi connectivity index (χ1v) is 9.04. The highest BCUT2D eigenvalue weighted by atomic mass is 16.5. The molecule has 0 radical (unpaired) electrons. The molecule has 3 rings (SSSR count). The number of aryl methyl sites for hydroxylation is 1. The maximum atomic E-state index is 12.4. The maximum Gasteiger partial charge on any atom is 0.335 e. The van der Waals surface area contributed by atoms with Crippen molar-refractivity contribution in [3.63, 3.8) is 0 Å². The van der Waals surface area contributed by atoms with Crippen molar-refractivity contribution in [3.8, 4) is 11.5 Å². The highest BCUT2D eigenvalue weighted by Gasteiger charge is 2.22. The summed E-state index contributed by atoms with van der Waals surface area (Å²) >= 11 is 0. The van der Waals surface area contributed by atoms with E-state index in [2.05, 4.69) is 5.32 Å². The van der Waals surface area contributed by atoms with E-state index < -0.39 is 5.97 Å². The Hall–Kier alpha value is -3.02. The minimum atomic E-state index is -0.962. The monoisotopic (exact) mass is 369 g/mol. The number of anilines is 1. The fourth-order valence-electron chi connectivity index (χ4n) is 3.10. The van der Waals surface area contributed by atoms with Crippen LogP contribution in [0, 0.1) is 0 Å². The van der Waals surface area contributed by atoms with E-state index in [0.29, 0.717) is 24.5 Å². The number of carbonyl (C=O) groups excluding carboxylic acids is 1. The predicted molar refractivity (Wildman–Crippen MR) is 102 cm³/mol. The Bertz CT molecular complexity index is 844. The Kier molecular flexibility index (Phi) is 5.64. The smallest absolute Gasteiger partial charge is 0.335 e. The molecule has 2 aromatic rings. The van der Waals surface area contributed by atoms with Crippen molar-refractivity contribution in [1.82, 2.24) is 0 Å². The minimum absolute atomic E-state index is 0.120. The molecule has 27 heavy (non-hydrogen) atoms. The van der Waals surface area contributed by atoms with Crippen LogP contribution in [0.3, 0.4) is 0 Å². The van der Waals surface area contributed by atoms with Gasteiger partial charge in [0.05, 0.1) is 17.9 Å². The predicted octanol–water partition coefficient (Wildman–Crippen LogP) is 3.68. The van der Waals surface area contributed by atoms with Gasteiger partial charge in [0.2, 0.25) is 5.91 Å². The van der Waals surface area contributed by atoms with E-state index in [1.807, 2.05) is 26.0 Å². The molecule has 1 aliphatic rings. The quantitative estimate of drug-likeness (QED) is 0.778. The van der Waals surface area contributed by atoms with E-state index in [0.717, 1.165) is 23.3 Å². The normalized spacial score (nSPS) is 15.0. The molecule has 6 heteroatoms. The number of hydrogen-bond donors (Lipinski definition) is 2. The van der Waals surface area contributed by atoms with Crippen molar-refractivity contribution in [2.75, 3.05) is 11.9 Å². The SMILES string of the molecule is CCOc1cc2c(cc1NC(=O)CCc1ccc(C(=O)O)cc1)OC(C)C2. The summed E-state index contributed by atoms with van der Waals surface area (Å²) in [4.78, 5) is 23.3. The molecule has 1 unspecified atom stereocenters. The highest BCUT2D eigenvalue weighted by molar-refractivity contribution is 5.93. The molecular weight excluding hydrogens is 346 g/mol. The van der Waals surface area contributed by atoms with Gasteiger partial charge in [-0.3, -0.25) is 4.79 Å². The zero-order valence-corrected chi connectivity index (χ0v) is 15.5. The van der Waals surface area contributed by atoms with Crippen LogP contribution < -0.4 is 14.8 Å². The summed E-state index contributed by atoms with van der Waals surface area (Å²) in [5.41, 5.74) is 2.83. The third-order valence-corrected chi connectivity index (χ3v) is 4.41. The van der Waals surface area contributed by atoms with Crippen LogP contribution in [0.25, 0.3) is 0 Å². The van der Waals surface area contributed by atoms with E-state index in [9.17, 15) is 9.59 Å². The van der Waals surface area contributed by atoms with Crippen LogP contribution in [0.15, 0.2) is 36.4 Å². The van der Waals surface area contributed by atoms with Gasteiger partial charge in [-0.25, -0.2) is 4.79 Å². The molecule has 2 aromatic carbocycles. The highest BCUT2D eigenvalue weighted by Crippen LogP contribution is 2.38. The molecular formula is C21H23NO5. The molecule has 1 aliphatic heterocycles. The molecule has 6 nitrogen and oxygen atoms in total. The van der Waals surface area contributed by atoms with E-state index in [1.165, 1.54) is 0 Å². The summed E-state index contributed by atoms with van der Waals surface area (Å²) in [6, 6.07) is 10.3. The van der Waals surface area contributed by atoms with Crippen LogP contribution in [0.2, 0.25) is 0 Å². The van der Waals surface area contributed by atoms with Crippen LogP contribution in [0.5, 0.6) is 11.5 Å². The van der Waals surface area contributed by atoms with Gasteiger partial charge < -0.3 is 19.9 Å². The summed E-state index contributed by atoms with van der Waals surface area (Å²) in [5, 5.41) is 11.8. The minimum Gasteiger partial charge on any atom is -0.492 e. The number of carboxylic acid groups (broad SMARTS) is 1. The number of ether oxygens (including phenoxy) is 2. The second kappa shape index (κ2) is 8.12. The molecule has 0 spiro atoms. The van der Waals surface area contributed by atoms with E-state index in [4.69, 9.17) is 14.6 Å². The largest absolute Gasteiger partial charge is 0.492 e. The Morgan fingerprint density at radius 2 is 2.00 bits per heavy atom. The molecule has 0 bridgehead atoms. The van der Waals surface area contributed by atoms with Crippen molar-refractivity contribution >= 4 is 17.6 Å². The average Bonchev–Trinajstić information content (AvgIpc) is 2.99. The summed E-state index contributed by atoms with van der Waals surface area (Å²) < 4.78 is 11.4. The summed E-state index contributed by atoms with van der Waals surface area (Å²) in [5.74, 6) is 0.332. The van der Waals surface area contributed by atoms with Gasteiger partial charge in [0.15, 0.2) is 0 Å². The molecule has 1 amide bonds. The molecule has 1 heterocycles. The number of fused-ring (bicyclic) bond motifs is 1. The summed E-state index contributed by atoms with van der Waals surface area (Å²) in [6.45, 7) is 4.42. The molecule has 142 valence electrons. The van der Waals surface area contributed by atoms with Gasteiger partial charge in [0.25, 0.3) is 0 Å². The van der Waals surface area contributed by atoms with Crippen molar-refractivity contribution < 1.29 is 24.2 Å². The molecule has 0 saturated carbocycles. The molecule has 0 aromatic heterocycles. The van der Waals surface area contributed by atoms with Gasteiger partial charge in [0, 0.05) is 24.5 Å². The van der Waals surface area contributed by atoms with E-state index in [-0.39, 0.29) is 24.0 Å². The number of carbonyl (C=O) groups is 2. The van der Waals surface area contributed by atoms with Crippen LogP contribution in [-0.2, 0) is 17.6 Å². The van der Waals surface area contributed by atoms with Gasteiger partial charge in [-0.15, -0.1) is 0 Å². The van der Waals surface area contributed by atoms with Crippen molar-refractivity contribution in [2.45, 2.75) is 39.2 Å². The Morgan fingerprint density at radius 1 is 1.26 bits per heavy atom. The molecule has 0 saturated heterocycles. The van der Waals surface area contributed by atoms with Crippen LogP contribution in [0.4, 0.5) is 5.69 Å². The first-order valence-electron chi connectivity index (χ1n) is 9.04. The number of carboxylic acids is 1. The standard InChI is InChI=1S/C21H23NO5/c1-3-26-19-11-16-10-13(2)27-18(16)12-17(19)22-20(23)9-6-14-4-7-15(8-5-14)21(24)25/h4-5,7-8,11-13H,3,6,9-10H2,1-2H3,(H,22,23)(H,24,25). The Morgan fingerprint density at radius 3 is 2.67 bits per heavy atom. The summed E-state index contributed by atoms with van der Waals surface area (Å²) in [6.07, 6.45) is 1.76. The van der Waals surface area contributed by atoms with Crippen LogP contribution in [0.1, 0.15) is 41.8 Å². The lowest BCUT2D eigenvalue weighted by Gasteiger charge is -2.13. The summed E-state index contributed by atoms with van der Waals surface area (Å²) in [7, 11) is 0. The number of nitrogens with one attached hydrogen (secondary N) is 1. The van der Waals surface area contributed by atoms with Crippen molar-refractivity contribution in [3.05, 3.63) is 53.1 Å². The number of rotatable bonds is 7. The first kappa shape index (κ1) is 18.8. The Labute approximate surface area is 158 Å². The van der Waals surface area contributed by atoms with E-state index in [1.54, 1.807) is 24.3 Å². The number of aromatic carboxylic acids is 1. The van der Waals surface area contributed by atoms with Crippen LogP contribution in [-0.4, -0.2) is 29.7 Å². The number of amides is 1. The maximum absolute atomic E-state index is 12.4. The lowest BCUT2D eigenvalue weighted by molar-refractivity contribution is -0.116. The molecule has 2 N–H and O–H groups in total. The lowest BCUT2D eigenvalue weighted by Crippen LogP contribution is -2.13. The van der Waals surface area contributed by atoms with Gasteiger partial charge in [-0.1, -0.05) is 12.1 Å². The molecule has 1 atom stereocenters. The van der Waals surface area contributed by atoms with Gasteiger partial charge in [0.1, 0.15) is 17.6 Å². The van der Waals surface area contributed by atoms with Gasteiger partial charge in [-0.2, -0.15) is 0 Å². The van der Waals surface area contributed by atoms with Gasteiger partial charge >= 0.3 is 5.97 Å². The number of benzene rings is 2. The van der Waals surface area contributed by atoms with E-state index >= 15 is 0 Å². The van der Waals surface area contributed by atoms with Crippen LogP contribution >= 0.6 is 0 Å². The lowest BCUT2D eigenvalue weighted by atomic mass is 10.1. The fourth-order valence-corrected chi connectivity index (χ4v) is 3.10. The zero-order valence-electron chi connectivity index (χ0n) is 15.5. The van der Waals surface area contributed by atoms with Crippen molar-refractivity contribution in [2.24, 2.45) is 0 Å². The molecule has 0 fully saturated rings. The topological polar surface area (TPSA) is 84.9 Å². The third-order valence-electron chi connectivity index (χ3n) is 4.41. The fraction of sp³-hybridized carbons (Fsp3) is 0.333. The zero-order chi connectivity index (χ0) is 19.4. The first-order chi connectivity index (χ1) is 13.0. The third kappa shape index (κ3) is 4.58.